The highest BCUT2D eigenvalue weighted by Crippen LogP contribution is 2.44. The fourth-order valence-corrected chi connectivity index (χ4v) is 4.45. The van der Waals surface area contributed by atoms with Crippen LogP contribution in [0.15, 0.2) is 66.7 Å². The fraction of sp³-hybridized carbons (Fsp3) is 0.269. The van der Waals surface area contributed by atoms with Crippen molar-refractivity contribution in [1.82, 2.24) is 5.32 Å². The Morgan fingerprint density at radius 1 is 1.06 bits per heavy atom. The minimum absolute atomic E-state index is 0.0347. The van der Waals surface area contributed by atoms with Crippen LogP contribution in [0.25, 0.3) is 11.1 Å². The smallest absolute Gasteiger partial charge is 0.407 e. The zero-order valence-electron chi connectivity index (χ0n) is 19.2. The first-order chi connectivity index (χ1) is 16.9. The van der Waals surface area contributed by atoms with Gasteiger partial charge in [-0.15, -0.1) is 0 Å². The van der Waals surface area contributed by atoms with E-state index in [1.807, 2.05) is 36.4 Å². The topological polar surface area (TPSA) is 134 Å². The fourth-order valence-electron chi connectivity index (χ4n) is 4.45. The molecule has 2 atom stereocenters. The molecule has 0 aliphatic heterocycles. The van der Waals surface area contributed by atoms with E-state index in [9.17, 15) is 25.1 Å². The standard InChI is InChI=1S/C26H27N3O6/c1-27-22-11-10-16(14-23(22)29(33)34)25(31)24(30)12-13-28-26(32)35-15-21-19-8-4-2-6-17(19)18-7-3-5-9-20(18)21/h2-11,14,21,24-25,27,30-31H,12-13,15H2,1H3,(H,28,32). The van der Waals surface area contributed by atoms with Crippen LogP contribution in [-0.4, -0.2) is 47.5 Å². The molecule has 0 aromatic heterocycles. The number of aliphatic hydroxyl groups excluding tert-OH is 2. The van der Waals surface area contributed by atoms with Gasteiger partial charge >= 0.3 is 6.09 Å². The van der Waals surface area contributed by atoms with E-state index < -0.39 is 23.2 Å². The number of nitrogens with zero attached hydrogens (tertiary/aromatic N) is 1. The molecule has 0 heterocycles. The Labute approximate surface area is 202 Å². The number of anilines is 1. The number of rotatable bonds is 9. The van der Waals surface area contributed by atoms with Gasteiger partial charge in [0.05, 0.1) is 11.0 Å². The van der Waals surface area contributed by atoms with Crippen molar-refractivity contribution in [2.75, 3.05) is 25.5 Å². The number of ether oxygens (including phenoxy) is 1. The zero-order chi connectivity index (χ0) is 24.9. The largest absolute Gasteiger partial charge is 0.449 e. The number of carbonyl (C=O) groups excluding carboxylic acids is 1. The second kappa shape index (κ2) is 10.5. The molecule has 1 aliphatic rings. The van der Waals surface area contributed by atoms with Gasteiger partial charge in [-0.3, -0.25) is 10.1 Å². The van der Waals surface area contributed by atoms with Crippen LogP contribution < -0.4 is 10.6 Å². The number of nitrogens with one attached hydrogen (secondary N) is 2. The molecular weight excluding hydrogens is 450 g/mol. The highest BCUT2D eigenvalue weighted by Gasteiger charge is 2.29. The summed E-state index contributed by atoms with van der Waals surface area (Å²) in [4.78, 5) is 22.9. The van der Waals surface area contributed by atoms with Crippen LogP contribution >= 0.6 is 0 Å². The van der Waals surface area contributed by atoms with Gasteiger partial charge in [-0.1, -0.05) is 54.6 Å². The number of aliphatic hydroxyl groups is 2. The van der Waals surface area contributed by atoms with E-state index in [-0.39, 0.29) is 36.7 Å². The highest BCUT2D eigenvalue weighted by atomic mass is 16.6. The summed E-state index contributed by atoms with van der Waals surface area (Å²) in [6, 6.07) is 20.3. The van der Waals surface area contributed by atoms with Crippen LogP contribution in [0.4, 0.5) is 16.2 Å². The van der Waals surface area contributed by atoms with Crippen molar-refractivity contribution < 1.29 is 24.7 Å². The summed E-state index contributed by atoms with van der Waals surface area (Å²) in [6.07, 6.45) is -3.16. The summed E-state index contributed by atoms with van der Waals surface area (Å²) in [5.41, 5.74) is 4.81. The van der Waals surface area contributed by atoms with Crippen molar-refractivity contribution in [2.24, 2.45) is 0 Å². The predicted molar refractivity (Wildman–Crippen MR) is 131 cm³/mol. The van der Waals surface area contributed by atoms with E-state index in [0.29, 0.717) is 5.69 Å². The van der Waals surface area contributed by atoms with Gasteiger partial charge in [0.25, 0.3) is 5.69 Å². The maximum absolute atomic E-state index is 12.3. The van der Waals surface area contributed by atoms with Crippen LogP contribution in [0.3, 0.4) is 0 Å². The molecule has 0 saturated carbocycles. The van der Waals surface area contributed by atoms with Crippen LogP contribution in [0.2, 0.25) is 0 Å². The summed E-state index contributed by atoms with van der Waals surface area (Å²) in [6.45, 7) is 0.234. The number of benzene rings is 3. The van der Waals surface area contributed by atoms with Gasteiger partial charge in [0.15, 0.2) is 0 Å². The van der Waals surface area contributed by atoms with Crippen molar-refractivity contribution in [2.45, 2.75) is 24.5 Å². The number of nitro benzene ring substituents is 1. The first-order valence-corrected chi connectivity index (χ1v) is 11.3. The molecule has 3 aromatic rings. The monoisotopic (exact) mass is 477 g/mol. The average molecular weight is 478 g/mol. The molecular formula is C26H27N3O6. The molecule has 1 amide bonds. The lowest BCUT2D eigenvalue weighted by Gasteiger charge is -2.19. The summed E-state index contributed by atoms with van der Waals surface area (Å²) in [7, 11) is 1.56. The maximum Gasteiger partial charge on any atom is 0.407 e. The van der Waals surface area contributed by atoms with Gasteiger partial charge in [-0.05, 0) is 40.3 Å². The Hall–Kier alpha value is -3.95. The molecule has 4 N–H and O–H groups in total. The van der Waals surface area contributed by atoms with E-state index >= 15 is 0 Å². The van der Waals surface area contributed by atoms with Crippen LogP contribution in [-0.2, 0) is 4.74 Å². The molecule has 0 fully saturated rings. The minimum atomic E-state index is -1.34. The van der Waals surface area contributed by atoms with Crippen molar-refractivity contribution in [3.05, 3.63) is 93.5 Å². The van der Waals surface area contributed by atoms with Crippen molar-refractivity contribution in [3.8, 4) is 11.1 Å². The third-order valence-corrected chi connectivity index (χ3v) is 6.25. The Balaban J connectivity index is 1.29. The highest BCUT2D eigenvalue weighted by molar-refractivity contribution is 5.79. The lowest BCUT2D eigenvalue weighted by atomic mass is 9.98. The molecule has 9 heteroatoms. The molecule has 182 valence electrons. The van der Waals surface area contributed by atoms with Gasteiger partial charge < -0.3 is 25.6 Å². The van der Waals surface area contributed by atoms with Gasteiger partial charge in [0.1, 0.15) is 18.4 Å². The average Bonchev–Trinajstić information content (AvgIpc) is 3.20. The molecule has 3 aromatic carbocycles. The Morgan fingerprint density at radius 2 is 1.69 bits per heavy atom. The maximum atomic E-state index is 12.3. The lowest BCUT2D eigenvalue weighted by Crippen LogP contribution is -2.30. The van der Waals surface area contributed by atoms with E-state index in [4.69, 9.17) is 4.74 Å². The molecule has 0 radical (unpaired) electrons. The SMILES string of the molecule is CNc1ccc(C(O)C(O)CCNC(=O)OCC2c3ccccc3-c3ccccc32)cc1[N+](=O)[O-]. The van der Waals surface area contributed by atoms with Crippen LogP contribution in [0.1, 0.15) is 35.1 Å². The van der Waals surface area contributed by atoms with E-state index in [1.165, 1.54) is 18.2 Å². The van der Waals surface area contributed by atoms with Crippen molar-refractivity contribution >= 4 is 17.5 Å². The summed E-state index contributed by atoms with van der Waals surface area (Å²) < 4.78 is 5.46. The third kappa shape index (κ3) is 5.11. The second-order valence-corrected chi connectivity index (χ2v) is 8.34. The molecule has 9 nitrogen and oxygen atoms in total. The van der Waals surface area contributed by atoms with Gasteiger partial charge in [0, 0.05) is 25.6 Å². The molecule has 1 aliphatic carbocycles. The molecule has 0 bridgehead atoms. The Morgan fingerprint density at radius 3 is 2.29 bits per heavy atom. The normalized spacial score (nSPS) is 13.9. The Bertz CT molecular complexity index is 1190. The molecule has 0 saturated heterocycles. The number of hydrogen-bond acceptors (Lipinski definition) is 7. The summed E-state index contributed by atoms with van der Waals surface area (Å²) >= 11 is 0. The van der Waals surface area contributed by atoms with Crippen LogP contribution in [0, 0.1) is 10.1 Å². The number of fused-ring (bicyclic) bond motifs is 3. The van der Waals surface area contributed by atoms with E-state index in [2.05, 4.69) is 22.8 Å². The lowest BCUT2D eigenvalue weighted by molar-refractivity contribution is -0.384. The molecule has 2 unspecified atom stereocenters. The first kappa shape index (κ1) is 24.2. The number of carbonyl (C=O) groups is 1. The van der Waals surface area contributed by atoms with Crippen molar-refractivity contribution in [1.29, 1.82) is 0 Å². The van der Waals surface area contributed by atoms with Gasteiger partial charge in [-0.2, -0.15) is 0 Å². The first-order valence-electron chi connectivity index (χ1n) is 11.3. The minimum Gasteiger partial charge on any atom is -0.449 e. The quantitative estimate of drug-likeness (QED) is 0.271. The van der Waals surface area contributed by atoms with Crippen molar-refractivity contribution in [3.63, 3.8) is 0 Å². The van der Waals surface area contributed by atoms with E-state index in [1.54, 1.807) is 7.05 Å². The van der Waals surface area contributed by atoms with Gasteiger partial charge in [0.2, 0.25) is 0 Å². The number of amides is 1. The zero-order valence-corrected chi connectivity index (χ0v) is 19.2. The van der Waals surface area contributed by atoms with Gasteiger partial charge in [-0.25, -0.2) is 4.79 Å². The molecule has 4 rings (SSSR count). The summed E-state index contributed by atoms with van der Waals surface area (Å²) in [5.74, 6) is -0.0584. The number of alkyl carbamates (subject to hydrolysis) is 1. The number of nitro groups is 1. The predicted octanol–water partition coefficient (Wildman–Crippen LogP) is 3.96. The molecule has 0 spiro atoms. The Kier molecular flexibility index (Phi) is 7.28. The van der Waals surface area contributed by atoms with Crippen LogP contribution in [0.5, 0.6) is 0 Å². The third-order valence-electron chi connectivity index (χ3n) is 6.25. The second-order valence-electron chi connectivity index (χ2n) is 8.34. The molecule has 35 heavy (non-hydrogen) atoms. The number of hydrogen-bond donors (Lipinski definition) is 4. The van der Waals surface area contributed by atoms with E-state index in [0.717, 1.165) is 22.3 Å². The summed E-state index contributed by atoms with van der Waals surface area (Å²) in [5, 5.41) is 37.3.